The van der Waals surface area contributed by atoms with Gasteiger partial charge in [0.15, 0.2) is 5.65 Å². The van der Waals surface area contributed by atoms with Crippen molar-refractivity contribution in [2.24, 2.45) is 7.05 Å². The van der Waals surface area contributed by atoms with Gasteiger partial charge in [0.2, 0.25) is 5.91 Å². The third-order valence-corrected chi connectivity index (χ3v) is 4.20. The van der Waals surface area contributed by atoms with Crippen LogP contribution >= 0.6 is 0 Å². The van der Waals surface area contributed by atoms with Crippen LogP contribution in [0.15, 0.2) is 30.5 Å². The lowest BCUT2D eigenvalue weighted by molar-refractivity contribution is -0.121. The molecule has 0 spiro atoms. The molecule has 0 unspecified atom stereocenters. The number of carbonyl (C=O) groups is 2. The number of hydrogen-bond acceptors (Lipinski definition) is 4. The third kappa shape index (κ3) is 3.39. The number of halogens is 1. The summed E-state index contributed by atoms with van der Waals surface area (Å²) >= 11 is 0. The summed E-state index contributed by atoms with van der Waals surface area (Å²) in [5.41, 5.74) is 7.72. The number of aromatic nitrogens is 3. The van der Waals surface area contributed by atoms with Gasteiger partial charge in [-0.2, -0.15) is 0 Å². The predicted molar refractivity (Wildman–Crippen MR) is 93.7 cm³/mol. The Balaban J connectivity index is 1.68. The number of fused-ring (bicyclic) bond motifs is 1. The van der Waals surface area contributed by atoms with Crippen LogP contribution in [0.2, 0.25) is 0 Å². The molecule has 0 bridgehead atoms. The molecule has 0 saturated carbocycles. The molecule has 3 aromatic rings. The molecule has 26 heavy (non-hydrogen) atoms. The quantitative estimate of drug-likeness (QED) is 0.700. The third-order valence-electron chi connectivity index (χ3n) is 4.20. The standard InChI is InChI=1S/C18H18FN5O2/c1-10-14(9-20-17-16(10)21-11(2)24(17)3)18(26)23-22-15(25)8-12-4-6-13(19)7-5-12/h4-7,9H,8H2,1-3H3,(H,22,25)(H,23,26). The van der Waals surface area contributed by atoms with Gasteiger partial charge >= 0.3 is 0 Å². The number of nitrogens with zero attached hydrogens (tertiary/aromatic N) is 3. The van der Waals surface area contributed by atoms with Crippen molar-refractivity contribution in [2.45, 2.75) is 20.3 Å². The van der Waals surface area contributed by atoms with E-state index in [4.69, 9.17) is 0 Å². The zero-order valence-corrected chi connectivity index (χ0v) is 14.6. The lowest BCUT2D eigenvalue weighted by Gasteiger charge is -2.09. The van der Waals surface area contributed by atoms with Crippen LogP contribution in [0.25, 0.3) is 11.2 Å². The molecule has 0 saturated heterocycles. The number of aryl methyl sites for hydroxylation is 3. The number of amides is 2. The molecular weight excluding hydrogens is 337 g/mol. The maximum absolute atomic E-state index is 12.9. The fourth-order valence-corrected chi connectivity index (χ4v) is 2.60. The molecule has 3 rings (SSSR count). The van der Waals surface area contributed by atoms with Gasteiger partial charge < -0.3 is 4.57 Å². The van der Waals surface area contributed by atoms with Crippen LogP contribution in [0, 0.1) is 19.7 Å². The van der Waals surface area contributed by atoms with Crippen molar-refractivity contribution >= 4 is 23.0 Å². The topological polar surface area (TPSA) is 88.9 Å². The minimum Gasteiger partial charge on any atom is -0.316 e. The number of pyridine rings is 1. The first-order chi connectivity index (χ1) is 12.4. The molecule has 2 heterocycles. The summed E-state index contributed by atoms with van der Waals surface area (Å²) in [5.74, 6) is -0.468. The van der Waals surface area contributed by atoms with E-state index in [2.05, 4.69) is 20.8 Å². The van der Waals surface area contributed by atoms with Crippen molar-refractivity contribution in [1.82, 2.24) is 25.4 Å². The molecule has 2 N–H and O–H groups in total. The number of hydrazine groups is 1. The van der Waals surface area contributed by atoms with Gasteiger partial charge in [-0.15, -0.1) is 0 Å². The minimum absolute atomic E-state index is 0.0241. The SMILES string of the molecule is Cc1c(C(=O)NNC(=O)Cc2ccc(F)cc2)cnc2c1nc(C)n2C. The summed E-state index contributed by atoms with van der Waals surface area (Å²) in [6.45, 7) is 3.64. The zero-order chi connectivity index (χ0) is 18.8. The first-order valence-electron chi connectivity index (χ1n) is 7.99. The van der Waals surface area contributed by atoms with E-state index < -0.39 is 11.8 Å². The molecular formula is C18H18FN5O2. The zero-order valence-electron chi connectivity index (χ0n) is 14.6. The van der Waals surface area contributed by atoms with Gasteiger partial charge in [-0.05, 0) is 37.1 Å². The smallest absolute Gasteiger partial charge is 0.271 e. The number of rotatable bonds is 3. The van der Waals surface area contributed by atoms with Crippen molar-refractivity contribution in [2.75, 3.05) is 0 Å². The van der Waals surface area contributed by atoms with E-state index in [9.17, 15) is 14.0 Å². The van der Waals surface area contributed by atoms with Crippen molar-refractivity contribution in [3.05, 3.63) is 58.8 Å². The first kappa shape index (κ1) is 17.5. The van der Waals surface area contributed by atoms with Crippen LogP contribution < -0.4 is 10.9 Å². The van der Waals surface area contributed by atoms with Crippen molar-refractivity contribution in [3.63, 3.8) is 0 Å². The Morgan fingerprint density at radius 2 is 1.85 bits per heavy atom. The highest BCUT2D eigenvalue weighted by Gasteiger charge is 2.16. The monoisotopic (exact) mass is 355 g/mol. The van der Waals surface area contributed by atoms with E-state index in [-0.39, 0.29) is 12.2 Å². The van der Waals surface area contributed by atoms with Crippen LogP contribution in [-0.4, -0.2) is 26.3 Å². The minimum atomic E-state index is -0.479. The lowest BCUT2D eigenvalue weighted by atomic mass is 10.1. The molecule has 8 heteroatoms. The second kappa shape index (κ2) is 6.91. The fraction of sp³-hybridized carbons (Fsp3) is 0.222. The lowest BCUT2D eigenvalue weighted by Crippen LogP contribution is -2.42. The van der Waals surface area contributed by atoms with Gasteiger partial charge in [-0.1, -0.05) is 12.1 Å². The molecule has 0 radical (unpaired) electrons. The van der Waals surface area contributed by atoms with E-state index in [0.29, 0.717) is 27.9 Å². The maximum atomic E-state index is 12.9. The highest BCUT2D eigenvalue weighted by molar-refractivity contribution is 5.99. The second-order valence-electron chi connectivity index (χ2n) is 5.99. The van der Waals surface area contributed by atoms with Crippen LogP contribution in [-0.2, 0) is 18.3 Å². The summed E-state index contributed by atoms with van der Waals surface area (Å²) in [4.78, 5) is 33.0. The number of imidazole rings is 1. The first-order valence-corrected chi connectivity index (χ1v) is 7.99. The van der Waals surface area contributed by atoms with E-state index in [1.807, 2.05) is 18.5 Å². The van der Waals surface area contributed by atoms with Gasteiger partial charge in [0.05, 0.1) is 12.0 Å². The summed E-state index contributed by atoms with van der Waals surface area (Å²) in [5, 5.41) is 0. The van der Waals surface area contributed by atoms with Gasteiger partial charge in [-0.3, -0.25) is 20.4 Å². The Morgan fingerprint density at radius 1 is 1.15 bits per heavy atom. The number of nitrogens with one attached hydrogen (secondary N) is 2. The summed E-state index contributed by atoms with van der Waals surface area (Å²) in [6, 6.07) is 5.59. The average molecular weight is 355 g/mol. The Bertz CT molecular complexity index is 995. The summed E-state index contributed by atoms with van der Waals surface area (Å²) in [6.07, 6.45) is 1.48. The molecule has 7 nitrogen and oxygen atoms in total. The number of benzene rings is 1. The summed E-state index contributed by atoms with van der Waals surface area (Å²) in [7, 11) is 1.85. The molecule has 0 aliphatic carbocycles. The second-order valence-corrected chi connectivity index (χ2v) is 5.99. The Hall–Kier alpha value is -3.29. The van der Waals surface area contributed by atoms with Crippen molar-refractivity contribution in [1.29, 1.82) is 0 Å². The molecule has 0 atom stereocenters. The maximum Gasteiger partial charge on any atom is 0.271 e. The normalized spacial score (nSPS) is 10.8. The highest BCUT2D eigenvalue weighted by atomic mass is 19.1. The average Bonchev–Trinajstić information content (AvgIpc) is 2.91. The van der Waals surface area contributed by atoms with Crippen molar-refractivity contribution < 1.29 is 14.0 Å². The van der Waals surface area contributed by atoms with E-state index in [1.165, 1.54) is 30.5 Å². The van der Waals surface area contributed by atoms with Crippen LogP contribution in [0.1, 0.15) is 27.3 Å². The Morgan fingerprint density at radius 3 is 2.54 bits per heavy atom. The highest BCUT2D eigenvalue weighted by Crippen LogP contribution is 2.19. The van der Waals surface area contributed by atoms with E-state index in [0.717, 1.165) is 5.82 Å². The largest absolute Gasteiger partial charge is 0.316 e. The Kier molecular flexibility index (Phi) is 4.66. The van der Waals surface area contributed by atoms with Gasteiger partial charge in [-0.25, -0.2) is 14.4 Å². The summed E-state index contributed by atoms with van der Waals surface area (Å²) < 4.78 is 14.7. The molecule has 0 aliphatic heterocycles. The molecule has 0 fully saturated rings. The number of carbonyl (C=O) groups excluding carboxylic acids is 2. The van der Waals surface area contributed by atoms with Crippen LogP contribution in [0.5, 0.6) is 0 Å². The Labute approximate surface area is 149 Å². The van der Waals surface area contributed by atoms with Crippen LogP contribution in [0.4, 0.5) is 4.39 Å². The van der Waals surface area contributed by atoms with Gasteiger partial charge in [0.1, 0.15) is 17.2 Å². The molecule has 2 aromatic heterocycles. The molecule has 2 amide bonds. The van der Waals surface area contributed by atoms with Crippen molar-refractivity contribution in [3.8, 4) is 0 Å². The van der Waals surface area contributed by atoms with E-state index in [1.54, 1.807) is 6.92 Å². The van der Waals surface area contributed by atoms with E-state index >= 15 is 0 Å². The molecule has 134 valence electrons. The molecule has 0 aliphatic rings. The fourth-order valence-electron chi connectivity index (χ4n) is 2.60. The van der Waals surface area contributed by atoms with Crippen LogP contribution in [0.3, 0.4) is 0 Å². The molecule has 1 aromatic carbocycles. The predicted octanol–water partition coefficient (Wildman–Crippen LogP) is 1.73. The van der Waals surface area contributed by atoms with Gasteiger partial charge in [0.25, 0.3) is 5.91 Å². The van der Waals surface area contributed by atoms with Gasteiger partial charge in [0, 0.05) is 13.2 Å². The number of hydrogen-bond donors (Lipinski definition) is 2.